The van der Waals surface area contributed by atoms with Gasteiger partial charge in [-0.3, -0.25) is 9.69 Å². The van der Waals surface area contributed by atoms with Gasteiger partial charge in [-0.2, -0.15) is 0 Å². The van der Waals surface area contributed by atoms with Gasteiger partial charge in [-0.25, -0.2) is 0 Å². The molecule has 0 N–H and O–H groups in total. The van der Waals surface area contributed by atoms with Crippen molar-refractivity contribution in [2.24, 2.45) is 0 Å². The van der Waals surface area contributed by atoms with E-state index in [9.17, 15) is 4.79 Å². The fourth-order valence-electron chi connectivity index (χ4n) is 3.41. The van der Waals surface area contributed by atoms with Crippen LogP contribution in [0.15, 0.2) is 29.8 Å². The summed E-state index contributed by atoms with van der Waals surface area (Å²) < 4.78 is 11.2. The molecule has 1 saturated heterocycles. The van der Waals surface area contributed by atoms with E-state index in [0.717, 1.165) is 69.2 Å². The minimum Gasteiger partial charge on any atom is -0.484 e. The van der Waals surface area contributed by atoms with Gasteiger partial charge in [-0.1, -0.05) is 12.1 Å². The lowest BCUT2D eigenvalue weighted by Crippen LogP contribution is -2.50. The minimum atomic E-state index is 0.0685. The summed E-state index contributed by atoms with van der Waals surface area (Å²) >= 11 is 0. The Kier molecular flexibility index (Phi) is 6.10. The van der Waals surface area contributed by atoms with E-state index in [1.165, 1.54) is 5.57 Å². The zero-order valence-corrected chi connectivity index (χ0v) is 15.3. The molecule has 0 radical (unpaired) electrons. The molecule has 0 bridgehead atoms. The van der Waals surface area contributed by atoms with E-state index < -0.39 is 0 Å². The van der Waals surface area contributed by atoms with Crippen LogP contribution in [0, 0.1) is 13.8 Å². The van der Waals surface area contributed by atoms with E-state index in [1.54, 1.807) is 0 Å². The number of benzene rings is 1. The fourth-order valence-corrected chi connectivity index (χ4v) is 3.41. The number of carbonyl (C=O) groups is 1. The van der Waals surface area contributed by atoms with Crippen molar-refractivity contribution in [1.29, 1.82) is 0 Å². The van der Waals surface area contributed by atoms with Gasteiger partial charge < -0.3 is 14.4 Å². The average Bonchev–Trinajstić information content (AvgIpc) is 2.60. The molecule has 2 aliphatic rings. The molecule has 2 aliphatic heterocycles. The van der Waals surface area contributed by atoms with Gasteiger partial charge in [0.15, 0.2) is 6.61 Å². The van der Waals surface area contributed by atoms with Crippen LogP contribution in [0.4, 0.5) is 0 Å². The highest BCUT2D eigenvalue weighted by Gasteiger charge is 2.22. The van der Waals surface area contributed by atoms with Crippen LogP contribution < -0.4 is 4.74 Å². The number of aryl methyl sites for hydroxylation is 2. The third kappa shape index (κ3) is 5.31. The Hall–Kier alpha value is -1.85. The molecule has 1 fully saturated rings. The highest BCUT2D eigenvalue weighted by molar-refractivity contribution is 5.77. The highest BCUT2D eigenvalue weighted by Crippen LogP contribution is 2.16. The highest BCUT2D eigenvalue weighted by atomic mass is 16.5. The van der Waals surface area contributed by atoms with Crippen molar-refractivity contribution in [3.63, 3.8) is 0 Å². The lowest BCUT2D eigenvalue weighted by molar-refractivity contribution is -0.135. The maximum absolute atomic E-state index is 12.4. The predicted octanol–water partition coefficient (Wildman–Crippen LogP) is 2.17. The Morgan fingerprint density at radius 3 is 2.48 bits per heavy atom. The van der Waals surface area contributed by atoms with Crippen LogP contribution in [0.5, 0.6) is 5.75 Å². The Bertz CT molecular complexity index is 614. The summed E-state index contributed by atoms with van der Waals surface area (Å²) in [5.74, 6) is 0.841. The van der Waals surface area contributed by atoms with Crippen LogP contribution in [0.3, 0.4) is 0 Å². The first-order valence-corrected chi connectivity index (χ1v) is 9.07. The molecule has 0 atom stereocenters. The van der Waals surface area contributed by atoms with E-state index in [1.807, 2.05) is 30.9 Å². The van der Waals surface area contributed by atoms with Gasteiger partial charge in [-0.05, 0) is 49.1 Å². The average molecular weight is 344 g/mol. The molecule has 5 nitrogen and oxygen atoms in total. The van der Waals surface area contributed by atoms with Gasteiger partial charge in [0.1, 0.15) is 5.75 Å². The van der Waals surface area contributed by atoms with Crippen LogP contribution in [0.25, 0.3) is 0 Å². The minimum absolute atomic E-state index is 0.0685. The van der Waals surface area contributed by atoms with E-state index in [4.69, 9.17) is 9.47 Å². The molecule has 2 heterocycles. The van der Waals surface area contributed by atoms with Crippen molar-refractivity contribution in [2.45, 2.75) is 20.3 Å². The zero-order valence-electron chi connectivity index (χ0n) is 15.3. The molecule has 25 heavy (non-hydrogen) atoms. The Morgan fingerprint density at radius 1 is 1.12 bits per heavy atom. The monoisotopic (exact) mass is 344 g/mol. The topological polar surface area (TPSA) is 42.0 Å². The molecule has 1 aromatic carbocycles. The van der Waals surface area contributed by atoms with Crippen molar-refractivity contribution in [1.82, 2.24) is 9.80 Å². The molecule has 0 saturated carbocycles. The van der Waals surface area contributed by atoms with Gasteiger partial charge in [0.25, 0.3) is 5.91 Å². The first-order valence-electron chi connectivity index (χ1n) is 9.07. The molecular formula is C20H28N2O3. The van der Waals surface area contributed by atoms with Crippen molar-refractivity contribution >= 4 is 5.91 Å². The fraction of sp³-hybridized carbons (Fsp3) is 0.550. The normalized spacial score (nSPS) is 18.8. The summed E-state index contributed by atoms with van der Waals surface area (Å²) in [5.41, 5.74) is 3.67. The number of hydrogen-bond donors (Lipinski definition) is 0. The second-order valence-corrected chi connectivity index (χ2v) is 6.97. The quantitative estimate of drug-likeness (QED) is 0.768. The lowest BCUT2D eigenvalue weighted by atomic mass is 10.1. The molecular weight excluding hydrogens is 316 g/mol. The molecule has 5 heteroatoms. The Balaban J connectivity index is 1.42. The second-order valence-electron chi connectivity index (χ2n) is 6.97. The van der Waals surface area contributed by atoms with Crippen molar-refractivity contribution in [2.75, 3.05) is 52.5 Å². The number of amides is 1. The van der Waals surface area contributed by atoms with Crippen LogP contribution >= 0.6 is 0 Å². The third-order valence-electron chi connectivity index (χ3n) is 4.69. The van der Waals surface area contributed by atoms with E-state index in [0.29, 0.717) is 0 Å². The smallest absolute Gasteiger partial charge is 0.260 e. The first kappa shape index (κ1) is 18.0. The zero-order chi connectivity index (χ0) is 17.6. The maximum atomic E-state index is 12.4. The summed E-state index contributed by atoms with van der Waals surface area (Å²) in [6, 6.07) is 6.04. The number of hydrogen-bond acceptors (Lipinski definition) is 4. The molecule has 0 spiro atoms. The number of carbonyl (C=O) groups excluding carboxylic acids is 1. The number of piperazine rings is 1. The van der Waals surface area contributed by atoms with Gasteiger partial charge in [0.05, 0.1) is 13.2 Å². The van der Waals surface area contributed by atoms with Gasteiger partial charge in [0, 0.05) is 32.7 Å². The molecule has 136 valence electrons. The summed E-state index contributed by atoms with van der Waals surface area (Å²) in [5, 5.41) is 0. The largest absolute Gasteiger partial charge is 0.484 e. The molecule has 3 rings (SSSR count). The van der Waals surface area contributed by atoms with E-state index >= 15 is 0 Å². The molecule has 0 aromatic heterocycles. The van der Waals surface area contributed by atoms with Gasteiger partial charge in [0.2, 0.25) is 0 Å². The molecule has 1 amide bonds. The molecule has 1 aromatic rings. The summed E-state index contributed by atoms with van der Waals surface area (Å²) in [6.07, 6.45) is 3.31. The second kappa shape index (κ2) is 8.50. The molecule has 0 aliphatic carbocycles. The summed E-state index contributed by atoms with van der Waals surface area (Å²) in [6.45, 7) is 10.1. The van der Waals surface area contributed by atoms with Crippen molar-refractivity contribution < 1.29 is 14.3 Å². The molecule has 0 unspecified atom stereocenters. The van der Waals surface area contributed by atoms with Crippen LogP contribution in [-0.2, 0) is 9.53 Å². The number of ether oxygens (including phenoxy) is 2. The number of nitrogens with zero attached hydrogens (tertiary/aromatic N) is 2. The van der Waals surface area contributed by atoms with Crippen molar-refractivity contribution in [3.05, 3.63) is 41.0 Å². The summed E-state index contributed by atoms with van der Waals surface area (Å²) in [4.78, 5) is 16.7. The van der Waals surface area contributed by atoms with Gasteiger partial charge >= 0.3 is 0 Å². The standard InChI is InChI=1S/C20H28N2O3/c1-16-10-17(2)12-19(11-16)25-15-20(23)22-7-5-21(6-8-22)13-18-4-3-9-24-14-18/h4,10-12H,3,5-9,13-15H2,1-2H3. The Morgan fingerprint density at radius 2 is 1.84 bits per heavy atom. The van der Waals surface area contributed by atoms with Crippen LogP contribution in [0.1, 0.15) is 17.5 Å². The van der Waals surface area contributed by atoms with E-state index in [2.05, 4.69) is 17.0 Å². The maximum Gasteiger partial charge on any atom is 0.260 e. The van der Waals surface area contributed by atoms with Crippen LogP contribution in [0.2, 0.25) is 0 Å². The number of rotatable bonds is 5. The predicted molar refractivity (Wildman–Crippen MR) is 98.0 cm³/mol. The summed E-state index contributed by atoms with van der Waals surface area (Å²) in [7, 11) is 0. The van der Waals surface area contributed by atoms with Crippen LogP contribution in [-0.4, -0.2) is 68.3 Å². The van der Waals surface area contributed by atoms with Crippen molar-refractivity contribution in [3.8, 4) is 5.75 Å². The Labute approximate surface area is 150 Å². The first-order chi connectivity index (χ1) is 12.1. The lowest BCUT2D eigenvalue weighted by Gasteiger charge is -2.35. The third-order valence-corrected chi connectivity index (χ3v) is 4.69. The van der Waals surface area contributed by atoms with Gasteiger partial charge in [-0.15, -0.1) is 0 Å². The van der Waals surface area contributed by atoms with E-state index in [-0.39, 0.29) is 12.5 Å². The SMILES string of the molecule is Cc1cc(C)cc(OCC(=O)N2CCN(CC3=CCCOC3)CC2)c1.